The summed E-state index contributed by atoms with van der Waals surface area (Å²) in [5.41, 5.74) is 0.931. The Morgan fingerprint density at radius 2 is 2.06 bits per heavy atom. The number of likely N-dealkylation sites (tertiary alicyclic amines) is 1. The maximum absolute atomic E-state index is 13.9. The van der Waals surface area contributed by atoms with Gasteiger partial charge in [0.25, 0.3) is 11.1 Å². The quantitative estimate of drug-likeness (QED) is 0.423. The summed E-state index contributed by atoms with van der Waals surface area (Å²) in [6.45, 7) is 3.54. The highest BCUT2D eigenvalue weighted by atomic mass is 32.1. The van der Waals surface area contributed by atoms with E-state index in [9.17, 15) is 9.18 Å². The number of furan rings is 1. The minimum absolute atomic E-state index is 0.0621. The van der Waals surface area contributed by atoms with E-state index in [1.54, 1.807) is 17.0 Å². The Hall–Kier alpha value is -3.13. The predicted octanol–water partition coefficient (Wildman–Crippen LogP) is 5.26. The van der Waals surface area contributed by atoms with Crippen LogP contribution in [0.5, 0.6) is 10.9 Å². The molecule has 0 unspecified atom stereocenters. The van der Waals surface area contributed by atoms with Crippen LogP contribution in [0.2, 0.25) is 0 Å². The zero-order chi connectivity index (χ0) is 21.4. The number of nitrogens with zero attached hydrogens (tertiary/aromatic N) is 2. The minimum atomic E-state index is -0.345. The number of hydrogen-bond donors (Lipinski definition) is 0. The van der Waals surface area contributed by atoms with E-state index in [0.717, 1.165) is 10.1 Å². The number of carbonyl (C=O) groups is 1. The molecule has 2 aromatic carbocycles. The van der Waals surface area contributed by atoms with Gasteiger partial charge in [-0.3, -0.25) is 4.79 Å². The van der Waals surface area contributed by atoms with Crippen LogP contribution in [0.3, 0.4) is 0 Å². The van der Waals surface area contributed by atoms with Crippen molar-refractivity contribution in [1.82, 2.24) is 9.88 Å². The smallest absolute Gasteiger partial charge is 0.289 e. The number of para-hydroxylation sites is 2. The zero-order valence-electron chi connectivity index (χ0n) is 17.0. The summed E-state index contributed by atoms with van der Waals surface area (Å²) in [7, 11) is 0. The third-order valence-corrected chi connectivity index (χ3v) is 6.28. The molecule has 3 heterocycles. The molecule has 31 heavy (non-hydrogen) atoms. The molecule has 0 spiro atoms. The van der Waals surface area contributed by atoms with Crippen molar-refractivity contribution < 1.29 is 23.1 Å². The number of ether oxygens (including phenoxy) is 2. The number of benzene rings is 2. The molecular weight excluding hydrogens is 419 g/mol. The van der Waals surface area contributed by atoms with E-state index in [4.69, 9.17) is 13.9 Å². The SMILES string of the molecule is CCOc1cccc2cc(C(=O)N3CCC(Oc4nc5c(F)cccc5s4)CC3)oc12. The summed E-state index contributed by atoms with van der Waals surface area (Å²) < 4.78 is 32.0. The van der Waals surface area contributed by atoms with E-state index in [-0.39, 0.29) is 17.8 Å². The van der Waals surface area contributed by atoms with Crippen LogP contribution in [0, 0.1) is 5.82 Å². The van der Waals surface area contributed by atoms with Gasteiger partial charge in [-0.25, -0.2) is 4.39 Å². The van der Waals surface area contributed by atoms with Crippen LogP contribution in [0.15, 0.2) is 46.9 Å². The second-order valence-electron chi connectivity index (χ2n) is 7.39. The molecule has 0 aliphatic carbocycles. The Labute approximate surface area is 182 Å². The van der Waals surface area contributed by atoms with Crippen LogP contribution in [0.25, 0.3) is 21.2 Å². The van der Waals surface area contributed by atoms with Crippen LogP contribution >= 0.6 is 11.3 Å². The summed E-state index contributed by atoms with van der Waals surface area (Å²) in [4.78, 5) is 19.0. The highest BCUT2D eigenvalue weighted by molar-refractivity contribution is 7.20. The van der Waals surface area contributed by atoms with Gasteiger partial charge >= 0.3 is 0 Å². The average Bonchev–Trinajstić information content (AvgIpc) is 3.39. The fraction of sp³-hybridized carbons (Fsp3) is 0.304. The van der Waals surface area contributed by atoms with Crippen LogP contribution in [0.4, 0.5) is 4.39 Å². The maximum Gasteiger partial charge on any atom is 0.289 e. The van der Waals surface area contributed by atoms with Crippen molar-refractivity contribution in [1.29, 1.82) is 0 Å². The highest BCUT2D eigenvalue weighted by Gasteiger charge is 2.27. The lowest BCUT2D eigenvalue weighted by Crippen LogP contribution is -2.41. The largest absolute Gasteiger partial charge is 0.490 e. The number of fused-ring (bicyclic) bond motifs is 2. The Bertz CT molecular complexity index is 1240. The molecule has 0 saturated carbocycles. The van der Waals surface area contributed by atoms with E-state index >= 15 is 0 Å². The van der Waals surface area contributed by atoms with Crippen LogP contribution in [0.1, 0.15) is 30.3 Å². The molecule has 6 nitrogen and oxygen atoms in total. The number of hydrogen-bond acceptors (Lipinski definition) is 6. The number of carbonyl (C=O) groups excluding carboxylic acids is 1. The van der Waals surface area contributed by atoms with Gasteiger partial charge in [-0.2, -0.15) is 4.98 Å². The monoisotopic (exact) mass is 440 g/mol. The van der Waals surface area contributed by atoms with Gasteiger partial charge in [0.1, 0.15) is 17.4 Å². The molecule has 4 aromatic rings. The lowest BCUT2D eigenvalue weighted by atomic mass is 10.1. The van der Waals surface area contributed by atoms with E-state index in [1.165, 1.54) is 17.4 Å². The summed E-state index contributed by atoms with van der Waals surface area (Å²) in [5.74, 6) is 0.461. The third-order valence-electron chi connectivity index (χ3n) is 5.37. The second-order valence-corrected chi connectivity index (χ2v) is 8.39. The third kappa shape index (κ3) is 3.83. The fourth-order valence-corrected chi connectivity index (χ4v) is 4.73. The van der Waals surface area contributed by atoms with E-state index in [2.05, 4.69) is 4.98 Å². The first-order valence-electron chi connectivity index (χ1n) is 10.3. The van der Waals surface area contributed by atoms with Gasteiger partial charge in [0.15, 0.2) is 17.1 Å². The molecule has 160 valence electrons. The number of amides is 1. The Balaban J connectivity index is 1.24. The van der Waals surface area contributed by atoms with Crippen LogP contribution in [-0.4, -0.2) is 41.6 Å². The molecule has 1 aliphatic rings. The first-order valence-corrected chi connectivity index (χ1v) is 11.1. The van der Waals surface area contributed by atoms with E-state index in [1.807, 2.05) is 31.2 Å². The van der Waals surface area contributed by atoms with Gasteiger partial charge in [0.2, 0.25) is 0 Å². The second kappa shape index (κ2) is 8.19. The van der Waals surface area contributed by atoms with E-state index < -0.39 is 0 Å². The number of halogens is 1. The van der Waals surface area contributed by atoms with Gasteiger partial charge in [-0.1, -0.05) is 29.5 Å². The number of aromatic nitrogens is 1. The number of rotatable bonds is 5. The lowest BCUT2D eigenvalue weighted by Gasteiger charge is -2.31. The Morgan fingerprint density at radius 3 is 2.84 bits per heavy atom. The van der Waals surface area contributed by atoms with Gasteiger partial charge in [-0.05, 0) is 31.2 Å². The van der Waals surface area contributed by atoms with E-state index in [0.29, 0.717) is 60.3 Å². The van der Waals surface area contributed by atoms with Gasteiger partial charge in [0, 0.05) is 31.3 Å². The highest BCUT2D eigenvalue weighted by Crippen LogP contribution is 2.32. The minimum Gasteiger partial charge on any atom is -0.490 e. The summed E-state index contributed by atoms with van der Waals surface area (Å²) in [6, 6.07) is 12.3. The van der Waals surface area contributed by atoms with Crippen molar-refractivity contribution in [2.75, 3.05) is 19.7 Å². The van der Waals surface area contributed by atoms with Crippen molar-refractivity contribution in [3.8, 4) is 10.9 Å². The summed E-state index contributed by atoms with van der Waals surface area (Å²) in [5, 5.41) is 1.31. The molecule has 0 radical (unpaired) electrons. The summed E-state index contributed by atoms with van der Waals surface area (Å²) >= 11 is 1.34. The molecule has 2 aromatic heterocycles. The van der Waals surface area contributed by atoms with Crippen molar-refractivity contribution in [3.05, 3.63) is 54.0 Å². The van der Waals surface area contributed by atoms with Crippen LogP contribution < -0.4 is 9.47 Å². The maximum atomic E-state index is 13.9. The van der Waals surface area contributed by atoms with Crippen molar-refractivity contribution in [3.63, 3.8) is 0 Å². The topological polar surface area (TPSA) is 64.8 Å². The first-order chi connectivity index (χ1) is 15.1. The molecule has 8 heteroatoms. The molecule has 1 fully saturated rings. The molecule has 1 saturated heterocycles. The van der Waals surface area contributed by atoms with Crippen molar-refractivity contribution in [2.24, 2.45) is 0 Å². The predicted molar refractivity (Wildman–Crippen MR) is 117 cm³/mol. The number of piperidine rings is 1. The standard InChI is InChI=1S/C23H21FN2O4S/c1-2-28-17-7-3-5-14-13-18(30-21(14)17)22(27)26-11-9-15(10-12-26)29-23-25-20-16(24)6-4-8-19(20)31-23/h3-8,13,15H,2,9-12H2,1H3. The van der Waals surface area contributed by atoms with Gasteiger partial charge in [0.05, 0.1) is 11.3 Å². The Morgan fingerprint density at radius 1 is 1.26 bits per heavy atom. The molecule has 0 N–H and O–H groups in total. The molecule has 1 aliphatic heterocycles. The van der Waals surface area contributed by atoms with Crippen molar-refractivity contribution >= 4 is 38.4 Å². The molecule has 5 rings (SSSR count). The average molecular weight is 440 g/mol. The molecule has 0 bridgehead atoms. The van der Waals surface area contributed by atoms with Crippen molar-refractivity contribution in [2.45, 2.75) is 25.9 Å². The normalized spacial score (nSPS) is 15.0. The van der Waals surface area contributed by atoms with Gasteiger partial charge in [-0.15, -0.1) is 0 Å². The van der Waals surface area contributed by atoms with Crippen LogP contribution in [-0.2, 0) is 0 Å². The Kier molecular flexibility index (Phi) is 5.23. The van der Waals surface area contributed by atoms with Gasteiger partial charge < -0.3 is 18.8 Å². The molecule has 1 amide bonds. The molecular formula is C23H21FN2O4S. The lowest BCUT2D eigenvalue weighted by molar-refractivity contribution is 0.0568. The molecule has 0 atom stereocenters. The summed E-state index contributed by atoms with van der Waals surface area (Å²) in [6.07, 6.45) is 1.29. The number of thiazole rings is 1. The zero-order valence-corrected chi connectivity index (χ0v) is 17.8. The first kappa shape index (κ1) is 19.8. The fourth-order valence-electron chi connectivity index (χ4n) is 3.83.